The number of nitrogens with one attached hydrogen (secondary N) is 1. The van der Waals surface area contributed by atoms with Gasteiger partial charge < -0.3 is 16.2 Å². The fourth-order valence-corrected chi connectivity index (χ4v) is 8.95. The van der Waals surface area contributed by atoms with Crippen LogP contribution in [0.4, 0.5) is 11.4 Å². The van der Waals surface area contributed by atoms with Crippen LogP contribution in [-0.4, -0.2) is 46.2 Å². The summed E-state index contributed by atoms with van der Waals surface area (Å²) >= 11 is 12.1. The van der Waals surface area contributed by atoms with Gasteiger partial charge >= 0.3 is 5.97 Å². The van der Waals surface area contributed by atoms with Crippen LogP contribution in [0.25, 0.3) is 33.5 Å². The molecule has 2 fully saturated rings. The highest BCUT2D eigenvalue weighted by Gasteiger charge is 2.21. The number of aromatic carboxylic acids is 1. The highest BCUT2D eigenvalue weighted by atomic mass is 35.5. The molecule has 4 heterocycles. The molecule has 0 spiro atoms. The Bertz CT molecular complexity index is 2860. The molecule has 63 heavy (non-hydrogen) atoms. The first-order valence-corrected chi connectivity index (χ1v) is 22.2. The quantitative estimate of drug-likeness (QED) is 0.134. The van der Waals surface area contributed by atoms with E-state index in [0.717, 1.165) is 39.5 Å². The van der Waals surface area contributed by atoms with Crippen LogP contribution in [0.2, 0.25) is 10.0 Å². The number of anilines is 2. The van der Waals surface area contributed by atoms with Crippen LogP contribution in [0.5, 0.6) is 0 Å². The van der Waals surface area contributed by atoms with Crippen molar-refractivity contribution < 1.29 is 14.7 Å². The van der Waals surface area contributed by atoms with Gasteiger partial charge in [-0.25, -0.2) is 23.8 Å². The lowest BCUT2D eigenvalue weighted by Gasteiger charge is -2.24. The van der Waals surface area contributed by atoms with Crippen molar-refractivity contribution in [1.29, 1.82) is 0 Å². The summed E-state index contributed by atoms with van der Waals surface area (Å²) in [6.07, 6.45) is 19.7. The zero-order valence-corrected chi connectivity index (χ0v) is 36.2. The molecule has 0 unspecified atom stereocenters. The molecule has 4 aromatic carbocycles. The number of rotatable bonds is 7. The second-order valence-corrected chi connectivity index (χ2v) is 16.8. The third-order valence-electron chi connectivity index (χ3n) is 11.8. The molecule has 4 aromatic heterocycles. The average Bonchev–Trinajstić information content (AvgIpc) is 3.95. The number of carbonyl (C=O) groups is 2. The van der Waals surface area contributed by atoms with E-state index < -0.39 is 5.97 Å². The number of nitrogens with two attached hydrogens (primary N) is 1. The van der Waals surface area contributed by atoms with Gasteiger partial charge in [0.25, 0.3) is 5.91 Å². The second-order valence-electron chi connectivity index (χ2n) is 15.9. The predicted octanol–water partition coefficient (Wildman–Crippen LogP) is 12.4. The molecule has 11 nitrogen and oxygen atoms in total. The number of aromatic nitrogens is 6. The summed E-state index contributed by atoms with van der Waals surface area (Å²) in [5.74, 6) is -0.0513. The summed E-state index contributed by atoms with van der Waals surface area (Å²) in [6, 6.07) is 34.3. The number of hydrogen-bond donors (Lipinski definition) is 3. The van der Waals surface area contributed by atoms with Crippen LogP contribution in [-0.2, 0) is 0 Å². The Labute approximate surface area is 375 Å². The van der Waals surface area contributed by atoms with Gasteiger partial charge in [-0.3, -0.25) is 4.79 Å². The van der Waals surface area contributed by atoms with E-state index >= 15 is 0 Å². The molecule has 0 aliphatic heterocycles. The van der Waals surface area contributed by atoms with Gasteiger partial charge in [-0.15, -0.1) is 0 Å². The van der Waals surface area contributed by atoms with Gasteiger partial charge in [-0.1, -0.05) is 122 Å². The molecule has 320 valence electrons. The summed E-state index contributed by atoms with van der Waals surface area (Å²) in [5, 5.41) is 21.8. The third-order valence-corrected chi connectivity index (χ3v) is 12.2. The van der Waals surface area contributed by atoms with Crippen LogP contribution in [0.3, 0.4) is 0 Å². The van der Waals surface area contributed by atoms with Gasteiger partial charge in [0.15, 0.2) is 17.0 Å². The minimum absolute atomic E-state index is 0.0173. The Balaban J connectivity index is 0.000000144. The number of nitrogen functional groups attached to an aromatic ring is 1. The number of carbonyl (C=O) groups excluding carboxylic acids is 1. The van der Waals surface area contributed by atoms with Crippen molar-refractivity contribution in [2.75, 3.05) is 11.1 Å². The lowest BCUT2D eigenvalue weighted by atomic mass is 9.83. The average molecular weight is 880 g/mol. The number of fused-ring (bicyclic) bond motifs is 2. The monoisotopic (exact) mass is 878 g/mol. The molecule has 0 bridgehead atoms. The van der Waals surface area contributed by atoms with Gasteiger partial charge in [0.1, 0.15) is 5.69 Å². The summed E-state index contributed by atoms with van der Waals surface area (Å²) in [6.45, 7) is 0. The first-order valence-electron chi connectivity index (χ1n) is 21.4. The molecule has 2 saturated carbocycles. The highest BCUT2D eigenvalue weighted by molar-refractivity contribution is 6.31. The maximum atomic E-state index is 13.1. The highest BCUT2D eigenvalue weighted by Crippen LogP contribution is 2.37. The number of carboxylic acid groups (broad SMARTS) is 1. The van der Waals surface area contributed by atoms with E-state index in [1.807, 2.05) is 66.7 Å². The number of hydrogen-bond acceptors (Lipinski definition) is 7. The number of nitrogens with zero attached hydrogens (tertiary/aromatic N) is 6. The largest absolute Gasteiger partial charge is 0.477 e. The lowest BCUT2D eigenvalue weighted by Crippen LogP contribution is -2.17. The van der Waals surface area contributed by atoms with Crippen LogP contribution in [0.15, 0.2) is 134 Å². The van der Waals surface area contributed by atoms with E-state index in [2.05, 4.69) is 43.7 Å². The Kier molecular flexibility index (Phi) is 13.7. The van der Waals surface area contributed by atoms with E-state index in [9.17, 15) is 9.59 Å². The first kappa shape index (κ1) is 43.1. The smallest absolute Gasteiger partial charge is 0.354 e. The van der Waals surface area contributed by atoms with Gasteiger partial charge in [0, 0.05) is 44.9 Å². The number of halogens is 2. The molecular formula is C50H48Cl2N8O3. The summed E-state index contributed by atoms with van der Waals surface area (Å²) in [7, 11) is 0. The summed E-state index contributed by atoms with van der Waals surface area (Å²) < 4.78 is 3.20. The van der Waals surface area contributed by atoms with Gasteiger partial charge in [-0.05, 0) is 108 Å². The first-order chi connectivity index (χ1) is 30.7. The van der Waals surface area contributed by atoms with E-state index in [1.54, 1.807) is 47.5 Å². The Hall–Kier alpha value is -6.56. The molecule has 0 radical (unpaired) electrons. The number of amides is 1. The molecular weight excluding hydrogens is 832 g/mol. The fraction of sp³-hybridized carbons (Fsp3) is 0.240. The number of carboxylic acids is 1. The molecule has 0 atom stereocenters. The van der Waals surface area contributed by atoms with Crippen molar-refractivity contribution in [3.63, 3.8) is 0 Å². The van der Waals surface area contributed by atoms with Crippen molar-refractivity contribution >= 4 is 57.7 Å². The lowest BCUT2D eigenvalue weighted by molar-refractivity contribution is 0.0690. The van der Waals surface area contributed by atoms with Crippen molar-refractivity contribution in [3.05, 3.63) is 167 Å². The summed E-state index contributed by atoms with van der Waals surface area (Å²) in [5.41, 5.74) is 15.2. The van der Waals surface area contributed by atoms with Crippen molar-refractivity contribution in [3.8, 4) is 22.3 Å². The summed E-state index contributed by atoms with van der Waals surface area (Å²) in [4.78, 5) is 32.8. The van der Waals surface area contributed by atoms with Crippen molar-refractivity contribution in [1.82, 2.24) is 29.2 Å². The minimum Gasteiger partial charge on any atom is -0.477 e. The number of benzene rings is 4. The minimum atomic E-state index is -1.07. The molecule has 2 aliphatic carbocycles. The second kappa shape index (κ2) is 20.1. The topological polar surface area (TPSA) is 153 Å². The van der Waals surface area contributed by atoms with Crippen LogP contribution < -0.4 is 11.1 Å². The Morgan fingerprint density at radius 1 is 0.603 bits per heavy atom. The van der Waals surface area contributed by atoms with E-state index in [-0.39, 0.29) is 11.6 Å². The van der Waals surface area contributed by atoms with Crippen molar-refractivity contribution in [2.24, 2.45) is 0 Å². The molecule has 0 saturated heterocycles. The normalized spacial score (nSPS) is 14.3. The fourth-order valence-electron chi connectivity index (χ4n) is 8.57. The Morgan fingerprint density at radius 2 is 1.10 bits per heavy atom. The van der Waals surface area contributed by atoms with Crippen LogP contribution in [0, 0.1) is 0 Å². The molecule has 4 N–H and O–H groups in total. The molecule has 10 rings (SSSR count). The molecule has 8 aromatic rings. The Morgan fingerprint density at radius 3 is 1.63 bits per heavy atom. The molecule has 1 amide bonds. The zero-order valence-electron chi connectivity index (χ0n) is 34.7. The number of para-hydroxylation sites is 2. The zero-order chi connectivity index (χ0) is 43.7. The van der Waals surface area contributed by atoms with Gasteiger partial charge in [0.2, 0.25) is 0 Å². The van der Waals surface area contributed by atoms with Gasteiger partial charge in [-0.2, -0.15) is 10.2 Å². The standard InChI is InChI=1S/C25H23ClN4O.C13H8ClN3O2.C12H17N/c26-19-10-6-9-18(15-19)21-16-27-30-14-13-23(28-24(21)30)25(31)29-22-12-5-4-11-20(22)17-7-2-1-3-8-17;14-9-3-1-2-8(6-9)10-7-15-17-5-4-11(13(18)19)16-12(10)17;13-12-9-5-4-8-11(12)10-6-2-1-3-7-10/h4-6,9-17H,1-3,7-8H2,(H,29,31);1-7H,(H,18,19);4-5,8-10H,1-3,6-7,13H2. The van der Waals surface area contributed by atoms with E-state index in [1.165, 1.54) is 85.9 Å². The van der Waals surface area contributed by atoms with Gasteiger partial charge in [0.05, 0.1) is 12.4 Å². The van der Waals surface area contributed by atoms with Crippen LogP contribution in [0.1, 0.15) is 108 Å². The van der Waals surface area contributed by atoms with E-state index in [4.69, 9.17) is 34.0 Å². The predicted molar refractivity (Wildman–Crippen MR) is 251 cm³/mol. The maximum Gasteiger partial charge on any atom is 0.354 e. The maximum absolute atomic E-state index is 13.1. The van der Waals surface area contributed by atoms with Crippen molar-refractivity contribution in [2.45, 2.75) is 76.0 Å². The third kappa shape index (κ3) is 10.4. The molecule has 13 heteroatoms. The van der Waals surface area contributed by atoms with E-state index in [0.29, 0.717) is 33.0 Å². The molecule has 2 aliphatic rings. The SMILES string of the molecule is Nc1ccccc1C1CCCCC1.O=C(Nc1ccccc1C1CCCCC1)c1ccn2ncc(-c3cccc(Cl)c3)c2n1.O=C(O)c1ccn2ncc(-c3cccc(Cl)c3)c2n1. The van der Waals surface area contributed by atoms with Crippen LogP contribution >= 0.6 is 23.2 Å².